The summed E-state index contributed by atoms with van der Waals surface area (Å²) >= 11 is 1.22. The Bertz CT molecular complexity index is 934. The van der Waals surface area contributed by atoms with Gasteiger partial charge in [0.15, 0.2) is 0 Å². The lowest BCUT2D eigenvalue weighted by Gasteiger charge is -2.24. The van der Waals surface area contributed by atoms with E-state index >= 15 is 0 Å². The Morgan fingerprint density at radius 1 is 0.897 bits per heavy atom. The molecular formula is C22H19F3N2OS. The monoisotopic (exact) mass is 416 g/mol. The largest absolute Gasteiger partial charge is 0.416 e. The highest BCUT2D eigenvalue weighted by Gasteiger charge is 2.31. The van der Waals surface area contributed by atoms with E-state index < -0.39 is 11.7 Å². The summed E-state index contributed by atoms with van der Waals surface area (Å²) in [6.45, 7) is 0.264. The van der Waals surface area contributed by atoms with E-state index in [1.54, 1.807) is 10.4 Å². The molecule has 7 heteroatoms. The van der Waals surface area contributed by atoms with E-state index in [1.165, 1.54) is 18.0 Å². The molecule has 0 heterocycles. The van der Waals surface area contributed by atoms with Crippen molar-refractivity contribution in [3.8, 4) is 0 Å². The lowest BCUT2D eigenvalue weighted by atomic mass is 10.2. The Hall–Kier alpha value is -2.93. The lowest BCUT2D eigenvalue weighted by molar-refractivity contribution is -0.137. The van der Waals surface area contributed by atoms with E-state index in [4.69, 9.17) is 0 Å². The summed E-state index contributed by atoms with van der Waals surface area (Å²) < 4.78 is 40.9. The first-order chi connectivity index (χ1) is 13.9. The quantitative estimate of drug-likeness (QED) is 0.514. The van der Waals surface area contributed by atoms with Gasteiger partial charge >= 0.3 is 6.18 Å². The zero-order valence-corrected chi connectivity index (χ0v) is 16.2. The van der Waals surface area contributed by atoms with Gasteiger partial charge in [0.25, 0.3) is 0 Å². The average Bonchev–Trinajstić information content (AvgIpc) is 2.73. The van der Waals surface area contributed by atoms with Crippen molar-refractivity contribution in [2.45, 2.75) is 17.6 Å². The number of nitrogens with zero attached hydrogens (tertiary/aromatic N) is 1. The van der Waals surface area contributed by atoms with Crippen molar-refractivity contribution < 1.29 is 18.0 Å². The summed E-state index contributed by atoms with van der Waals surface area (Å²) in [5.41, 5.74) is 0.504. The number of alkyl halides is 3. The van der Waals surface area contributed by atoms with Gasteiger partial charge in [-0.1, -0.05) is 54.6 Å². The predicted octanol–water partition coefficient (Wildman–Crippen LogP) is 5.54. The first-order valence-corrected chi connectivity index (χ1v) is 9.67. The van der Waals surface area contributed by atoms with Crippen molar-refractivity contribution in [1.82, 2.24) is 5.32 Å². The molecule has 0 radical (unpaired) electrons. The Morgan fingerprint density at radius 2 is 1.55 bits per heavy atom. The van der Waals surface area contributed by atoms with Crippen LogP contribution < -0.4 is 9.62 Å². The van der Waals surface area contributed by atoms with Crippen LogP contribution in [0.4, 0.5) is 18.9 Å². The Balaban J connectivity index is 1.77. The van der Waals surface area contributed by atoms with Crippen molar-refractivity contribution >= 4 is 23.5 Å². The maximum atomic E-state index is 13.1. The number of amides is 1. The molecule has 0 atom stereocenters. The average molecular weight is 416 g/mol. The third kappa shape index (κ3) is 6.29. The van der Waals surface area contributed by atoms with Crippen molar-refractivity contribution in [2.75, 3.05) is 10.8 Å². The third-order valence-corrected chi connectivity index (χ3v) is 5.08. The molecule has 3 nitrogen and oxygen atoms in total. The fraction of sp³-hybridized carbons (Fsp3) is 0.136. The highest BCUT2D eigenvalue weighted by molar-refractivity contribution is 8.00. The van der Waals surface area contributed by atoms with Gasteiger partial charge in [0, 0.05) is 17.1 Å². The Kier molecular flexibility index (Phi) is 6.82. The van der Waals surface area contributed by atoms with Crippen LogP contribution in [0.1, 0.15) is 11.1 Å². The molecule has 0 saturated carbocycles. The highest BCUT2D eigenvalue weighted by Crippen LogP contribution is 2.34. The number of hydrogen-bond acceptors (Lipinski definition) is 3. The van der Waals surface area contributed by atoms with Crippen molar-refractivity contribution in [3.05, 3.63) is 96.1 Å². The number of rotatable bonds is 7. The highest BCUT2D eigenvalue weighted by atomic mass is 32.2. The summed E-state index contributed by atoms with van der Waals surface area (Å²) in [6, 6.07) is 23.6. The fourth-order valence-corrected chi connectivity index (χ4v) is 3.54. The van der Waals surface area contributed by atoms with Gasteiger partial charge < -0.3 is 9.62 Å². The van der Waals surface area contributed by atoms with Crippen LogP contribution in [0, 0.1) is 0 Å². The van der Waals surface area contributed by atoms with Gasteiger partial charge in [-0.2, -0.15) is 13.2 Å². The minimum absolute atomic E-state index is 0.0896. The zero-order valence-electron chi connectivity index (χ0n) is 15.4. The van der Waals surface area contributed by atoms with E-state index in [0.29, 0.717) is 12.2 Å². The molecule has 3 rings (SSSR count). The van der Waals surface area contributed by atoms with E-state index in [0.717, 1.165) is 22.6 Å². The van der Waals surface area contributed by atoms with E-state index in [9.17, 15) is 18.0 Å². The summed E-state index contributed by atoms with van der Waals surface area (Å²) in [6.07, 6.45) is -4.45. The molecule has 0 aromatic heterocycles. The van der Waals surface area contributed by atoms with E-state index in [2.05, 4.69) is 5.32 Å². The molecule has 0 aliphatic rings. The summed E-state index contributed by atoms with van der Waals surface area (Å²) in [5.74, 6) is -0.283. The third-order valence-electron chi connectivity index (χ3n) is 4.04. The molecule has 0 fully saturated rings. The zero-order chi connectivity index (χ0) is 20.7. The van der Waals surface area contributed by atoms with Gasteiger partial charge in [0.1, 0.15) is 6.54 Å². The lowest BCUT2D eigenvalue weighted by Crippen LogP contribution is -2.33. The number of benzene rings is 3. The van der Waals surface area contributed by atoms with Crippen LogP contribution in [-0.2, 0) is 17.5 Å². The summed E-state index contributed by atoms with van der Waals surface area (Å²) in [5, 5.41) is 2.81. The summed E-state index contributed by atoms with van der Waals surface area (Å²) in [4.78, 5) is 13.3. The number of anilines is 1. The number of carbonyl (C=O) groups is 1. The molecule has 0 bridgehead atoms. The maximum Gasteiger partial charge on any atom is 0.416 e. The van der Waals surface area contributed by atoms with Crippen LogP contribution in [-0.4, -0.2) is 12.5 Å². The van der Waals surface area contributed by atoms with E-state index in [1.807, 2.05) is 60.7 Å². The number of carbonyl (C=O) groups excluding carboxylic acids is 1. The molecule has 3 aromatic carbocycles. The van der Waals surface area contributed by atoms with Crippen LogP contribution in [0.3, 0.4) is 0 Å². The van der Waals surface area contributed by atoms with Gasteiger partial charge in [0.2, 0.25) is 5.91 Å². The van der Waals surface area contributed by atoms with Gasteiger partial charge in [-0.25, -0.2) is 0 Å². The number of nitrogens with one attached hydrogen (secondary N) is 1. The smallest absolute Gasteiger partial charge is 0.350 e. The van der Waals surface area contributed by atoms with Crippen molar-refractivity contribution in [2.24, 2.45) is 0 Å². The summed E-state index contributed by atoms with van der Waals surface area (Å²) in [7, 11) is 0. The molecule has 0 spiro atoms. The topological polar surface area (TPSA) is 32.3 Å². The Labute approximate surface area is 171 Å². The van der Waals surface area contributed by atoms with Crippen LogP contribution in [0.25, 0.3) is 0 Å². The number of hydrogen-bond donors (Lipinski definition) is 1. The van der Waals surface area contributed by atoms with Gasteiger partial charge in [-0.05, 0) is 47.8 Å². The molecule has 0 aliphatic heterocycles. The van der Waals surface area contributed by atoms with Crippen LogP contribution in [0.5, 0.6) is 0 Å². The predicted molar refractivity (Wildman–Crippen MR) is 109 cm³/mol. The molecular weight excluding hydrogens is 397 g/mol. The molecule has 1 amide bonds. The van der Waals surface area contributed by atoms with Crippen LogP contribution in [0.2, 0.25) is 0 Å². The number of halogens is 3. The SMILES string of the molecule is O=C(CN(Sc1ccccc1)c1cccc(C(F)(F)F)c1)NCc1ccccc1. The van der Waals surface area contributed by atoms with Crippen LogP contribution in [0.15, 0.2) is 89.8 Å². The van der Waals surface area contributed by atoms with Gasteiger partial charge in [-0.3, -0.25) is 4.79 Å². The molecule has 3 aromatic rings. The van der Waals surface area contributed by atoms with Crippen molar-refractivity contribution in [3.63, 3.8) is 0 Å². The molecule has 150 valence electrons. The second-order valence-electron chi connectivity index (χ2n) is 6.25. The first-order valence-electron chi connectivity index (χ1n) is 8.90. The van der Waals surface area contributed by atoms with Crippen molar-refractivity contribution in [1.29, 1.82) is 0 Å². The van der Waals surface area contributed by atoms with Gasteiger partial charge in [0.05, 0.1) is 5.56 Å². The molecule has 1 N–H and O–H groups in total. The van der Waals surface area contributed by atoms with Crippen LogP contribution >= 0.6 is 11.9 Å². The van der Waals surface area contributed by atoms with Gasteiger partial charge in [-0.15, -0.1) is 0 Å². The normalized spacial score (nSPS) is 11.1. The second kappa shape index (κ2) is 9.52. The maximum absolute atomic E-state index is 13.1. The first kappa shape index (κ1) is 20.8. The molecule has 29 heavy (non-hydrogen) atoms. The second-order valence-corrected chi connectivity index (χ2v) is 7.35. The minimum atomic E-state index is -4.45. The molecule has 0 unspecified atom stereocenters. The molecule has 0 saturated heterocycles. The van der Waals surface area contributed by atoms with E-state index in [-0.39, 0.29) is 12.5 Å². The standard InChI is InChI=1S/C22H19F3N2OS/c23-22(24,25)18-10-7-11-19(14-18)27(29-20-12-5-2-6-13-20)16-21(28)26-15-17-8-3-1-4-9-17/h1-14H,15-16H2,(H,26,28). The fourth-order valence-electron chi connectivity index (χ4n) is 2.61. The minimum Gasteiger partial charge on any atom is -0.350 e. The Morgan fingerprint density at radius 3 is 2.21 bits per heavy atom. The molecule has 0 aliphatic carbocycles.